The topological polar surface area (TPSA) is 95.2 Å². The van der Waals surface area contributed by atoms with Gasteiger partial charge in [0.1, 0.15) is 0 Å². The van der Waals surface area contributed by atoms with E-state index in [4.69, 9.17) is 5.84 Å². The van der Waals surface area contributed by atoms with Crippen molar-refractivity contribution in [2.45, 2.75) is 31.7 Å². The van der Waals surface area contributed by atoms with E-state index >= 15 is 0 Å². The molecule has 0 spiro atoms. The lowest BCUT2D eigenvalue weighted by Crippen LogP contribution is -2.32. The van der Waals surface area contributed by atoms with Gasteiger partial charge in [0, 0.05) is 25.7 Å². The van der Waals surface area contributed by atoms with Crippen molar-refractivity contribution in [2.24, 2.45) is 5.84 Å². The highest BCUT2D eigenvalue weighted by Crippen LogP contribution is 2.19. The van der Waals surface area contributed by atoms with E-state index in [1.165, 1.54) is 25.7 Å². The number of likely N-dealkylation sites (N-methyl/N-ethyl adjacent to an activating group) is 1. The Balaban J connectivity index is 1.69. The van der Waals surface area contributed by atoms with Crippen molar-refractivity contribution in [3.8, 4) is 0 Å². The van der Waals surface area contributed by atoms with Crippen LogP contribution in [-0.2, 0) is 0 Å². The zero-order valence-corrected chi connectivity index (χ0v) is 12.5. The molecule has 4 N–H and O–H groups in total. The molecule has 0 aliphatic carbocycles. The van der Waals surface area contributed by atoms with Gasteiger partial charge in [0.15, 0.2) is 0 Å². The second-order valence-corrected chi connectivity index (χ2v) is 5.78. The number of hydrogen-bond donors (Lipinski definition) is 3. The molecule has 0 aromatic carbocycles. The van der Waals surface area contributed by atoms with E-state index in [9.17, 15) is 0 Å². The molecule has 2 fully saturated rings. The molecule has 3 heterocycles. The van der Waals surface area contributed by atoms with Gasteiger partial charge in [-0.1, -0.05) is 0 Å². The van der Waals surface area contributed by atoms with Gasteiger partial charge >= 0.3 is 0 Å². The van der Waals surface area contributed by atoms with Crippen molar-refractivity contribution >= 4 is 17.8 Å². The fourth-order valence-corrected chi connectivity index (χ4v) is 3.01. The molecule has 116 valence electrons. The number of anilines is 3. The Kier molecular flexibility index (Phi) is 4.35. The van der Waals surface area contributed by atoms with Crippen LogP contribution in [0.25, 0.3) is 0 Å². The Hall–Kier alpha value is -1.67. The SMILES string of the molecule is CN1CCCC1CNc1nc(NN)nc(N2CCCC2)n1. The van der Waals surface area contributed by atoms with Crippen LogP contribution in [0.2, 0.25) is 0 Å². The molecule has 0 amide bonds. The van der Waals surface area contributed by atoms with Crippen LogP contribution in [0.5, 0.6) is 0 Å². The molecule has 3 rings (SSSR count). The Bertz CT molecular complexity index is 473. The molecule has 8 heteroatoms. The highest BCUT2D eigenvalue weighted by Gasteiger charge is 2.21. The van der Waals surface area contributed by atoms with Gasteiger partial charge in [-0.3, -0.25) is 5.43 Å². The molecular formula is C13H24N8. The summed E-state index contributed by atoms with van der Waals surface area (Å²) >= 11 is 0. The number of aromatic nitrogens is 3. The van der Waals surface area contributed by atoms with Gasteiger partial charge in [-0.15, -0.1) is 0 Å². The fourth-order valence-electron chi connectivity index (χ4n) is 3.01. The van der Waals surface area contributed by atoms with Gasteiger partial charge in [0.2, 0.25) is 17.8 Å². The summed E-state index contributed by atoms with van der Waals surface area (Å²) in [5, 5.41) is 3.33. The highest BCUT2D eigenvalue weighted by atomic mass is 15.4. The highest BCUT2D eigenvalue weighted by molar-refractivity contribution is 5.43. The van der Waals surface area contributed by atoms with Crippen molar-refractivity contribution in [2.75, 3.05) is 48.9 Å². The summed E-state index contributed by atoms with van der Waals surface area (Å²) in [6.07, 6.45) is 4.85. The van der Waals surface area contributed by atoms with Crippen molar-refractivity contribution in [1.82, 2.24) is 19.9 Å². The minimum absolute atomic E-state index is 0.411. The van der Waals surface area contributed by atoms with Crippen LogP contribution in [0.1, 0.15) is 25.7 Å². The number of rotatable bonds is 5. The third-order valence-corrected chi connectivity index (χ3v) is 4.31. The predicted molar refractivity (Wildman–Crippen MR) is 83.2 cm³/mol. The number of nitrogens with two attached hydrogens (primary N) is 1. The van der Waals surface area contributed by atoms with Crippen molar-refractivity contribution in [3.05, 3.63) is 0 Å². The van der Waals surface area contributed by atoms with E-state index in [1.807, 2.05) is 0 Å². The maximum Gasteiger partial charge on any atom is 0.243 e. The number of hydrazine groups is 1. The summed E-state index contributed by atoms with van der Waals surface area (Å²) in [6, 6.07) is 0.547. The number of hydrogen-bond acceptors (Lipinski definition) is 8. The number of nitrogen functional groups attached to an aromatic ring is 1. The van der Waals surface area contributed by atoms with Crippen LogP contribution >= 0.6 is 0 Å². The van der Waals surface area contributed by atoms with Crippen molar-refractivity contribution in [3.63, 3.8) is 0 Å². The second-order valence-electron chi connectivity index (χ2n) is 5.78. The Morgan fingerprint density at radius 1 is 1.10 bits per heavy atom. The van der Waals surface area contributed by atoms with Crippen LogP contribution in [0.3, 0.4) is 0 Å². The van der Waals surface area contributed by atoms with E-state index in [0.29, 0.717) is 23.9 Å². The smallest absolute Gasteiger partial charge is 0.243 e. The molecule has 1 aromatic rings. The van der Waals surface area contributed by atoms with Crippen LogP contribution in [0.15, 0.2) is 0 Å². The molecular weight excluding hydrogens is 268 g/mol. The summed E-state index contributed by atoms with van der Waals surface area (Å²) in [6.45, 7) is 4.01. The van der Waals surface area contributed by atoms with Gasteiger partial charge in [-0.25, -0.2) is 5.84 Å². The summed E-state index contributed by atoms with van der Waals surface area (Å²) in [5.41, 5.74) is 2.53. The van der Waals surface area contributed by atoms with Gasteiger partial charge in [0.05, 0.1) is 0 Å². The monoisotopic (exact) mass is 292 g/mol. The lowest BCUT2D eigenvalue weighted by Gasteiger charge is -2.20. The molecule has 2 aliphatic rings. The lowest BCUT2D eigenvalue weighted by atomic mass is 10.2. The summed E-state index contributed by atoms with van der Waals surface area (Å²) in [4.78, 5) is 17.7. The van der Waals surface area contributed by atoms with Crippen molar-refractivity contribution < 1.29 is 0 Å². The number of nitrogens with zero attached hydrogens (tertiary/aromatic N) is 5. The Labute approximate surface area is 125 Å². The first kappa shape index (κ1) is 14.3. The molecule has 2 aliphatic heterocycles. The molecule has 1 unspecified atom stereocenters. The molecule has 1 atom stereocenters. The van der Waals surface area contributed by atoms with E-state index in [2.05, 4.69) is 42.5 Å². The van der Waals surface area contributed by atoms with E-state index in [-0.39, 0.29) is 0 Å². The lowest BCUT2D eigenvalue weighted by molar-refractivity contribution is 0.322. The van der Waals surface area contributed by atoms with Gasteiger partial charge in [-0.05, 0) is 39.3 Å². The molecule has 0 saturated carbocycles. The summed E-state index contributed by atoms with van der Waals surface area (Å²) < 4.78 is 0. The van der Waals surface area contributed by atoms with Crippen LogP contribution in [0.4, 0.5) is 17.8 Å². The zero-order chi connectivity index (χ0) is 14.7. The molecule has 1 aromatic heterocycles. The predicted octanol–water partition coefficient (Wildman–Crippen LogP) is 0.264. The summed E-state index contributed by atoms with van der Waals surface area (Å²) in [5.74, 6) is 7.18. The molecule has 8 nitrogen and oxygen atoms in total. The molecule has 0 bridgehead atoms. The average Bonchev–Trinajstić information content (AvgIpc) is 3.16. The van der Waals surface area contributed by atoms with Gasteiger partial charge < -0.3 is 15.1 Å². The Morgan fingerprint density at radius 2 is 1.86 bits per heavy atom. The summed E-state index contributed by atoms with van der Waals surface area (Å²) in [7, 11) is 2.16. The quantitative estimate of drug-likeness (QED) is 0.525. The number of nitrogens with one attached hydrogen (secondary N) is 2. The zero-order valence-electron chi connectivity index (χ0n) is 12.5. The third-order valence-electron chi connectivity index (χ3n) is 4.31. The maximum atomic E-state index is 5.47. The van der Waals surface area contributed by atoms with Crippen LogP contribution in [0, 0.1) is 0 Å². The third kappa shape index (κ3) is 3.33. The van der Waals surface area contributed by atoms with Gasteiger partial charge in [-0.2, -0.15) is 15.0 Å². The average molecular weight is 292 g/mol. The van der Waals surface area contributed by atoms with E-state index in [1.54, 1.807) is 0 Å². The first-order valence-electron chi connectivity index (χ1n) is 7.68. The van der Waals surface area contributed by atoms with Gasteiger partial charge in [0.25, 0.3) is 0 Å². The fraction of sp³-hybridized carbons (Fsp3) is 0.769. The first-order valence-corrected chi connectivity index (χ1v) is 7.68. The molecule has 0 radical (unpaired) electrons. The normalized spacial score (nSPS) is 22.8. The van der Waals surface area contributed by atoms with Crippen LogP contribution in [-0.4, -0.2) is 59.1 Å². The van der Waals surface area contributed by atoms with E-state index in [0.717, 1.165) is 26.2 Å². The minimum atomic E-state index is 0.411. The minimum Gasteiger partial charge on any atom is -0.352 e. The first-order chi connectivity index (χ1) is 10.3. The van der Waals surface area contributed by atoms with Crippen molar-refractivity contribution in [1.29, 1.82) is 0 Å². The largest absolute Gasteiger partial charge is 0.352 e. The van der Waals surface area contributed by atoms with Crippen LogP contribution < -0.4 is 21.5 Å². The number of likely N-dealkylation sites (tertiary alicyclic amines) is 1. The standard InChI is InChI=1S/C13H24N8/c1-20-6-4-5-10(20)9-15-11-16-12(19-14)18-13(17-11)21-7-2-3-8-21/h10H,2-9,14H2,1H3,(H2,15,16,17,18,19). The second kappa shape index (κ2) is 6.40. The molecule has 21 heavy (non-hydrogen) atoms. The maximum absolute atomic E-state index is 5.47. The Morgan fingerprint density at radius 3 is 2.52 bits per heavy atom. The molecule has 2 saturated heterocycles. The van der Waals surface area contributed by atoms with E-state index < -0.39 is 0 Å².